The van der Waals surface area contributed by atoms with Crippen molar-refractivity contribution in [3.05, 3.63) is 24.3 Å². The SMILES string of the molecule is CC(CN)(c1cnccn1)C12CC3CC(CC(C3)C1)C2. The summed E-state index contributed by atoms with van der Waals surface area (Å²) < 4.78 is 0. The van der Waals surface area contributed by atoms with Gasteiger partial charge in [-0.1, -0.05) is 6.92 Å². The summed E-state index contributed by atoms with van der Waals surface area (Å²) in [5, 5.41) is 0. The third kappa shape index (κ3) is 1.62. The van der Waals surface area contributed by atoms with Crippen LogP contribution < -0.4 is 5.73 Å². The molecule has 108 valence electrons. The fourth-order valence-corrected chi connectivity index (χ4v) is 5.96. The zero-order valence-corrected chi connectivity index (χ0v) is 12.4. The van der Waals surface area contributed by atoms with Gasteiger partial charge in [-0.2, -0.15) is 0 Å². The standard InChI is InChI=1S/C17H25N3/c1-16(11-18,15-10-19-2-3-20-15)17-7-12-4-13(8-17)6-14(5-12)9-17/h2-3,10,12-14H,4-9,11,18H2,1H3. The van der Waals surface area contributed by atoms with Crippen LogP contribution in [0.4, 0.5) is 0 Å². The molecule has 0 saturated heterocycles. The largest absolute Gasteiger partial charge is 0.330 e. The minimum absolute atomic E-state index is 0.00271. The predicted molar refractivity (Wildman–Crippen MR) is 79.0 cm³/mol. The van der Waals surface area contributed by atoms with E-state index in [0.29, 0.717) is 12.0 Å². The maximum atomic E-state index is 6.29. The van der Waals surface area contributed by atoms with Crippen LogP contribution in [0.3, 0.4) is 0 Å². The van der Waals surface area contributed by atoms with Crippen LogP contribution in [0.5, 0.6) is 0 Å². The van der Waals surface area contributed by atoms with Gasteiger partial charge in [0.05, 0.1) is 5.69 Å². The van der Waals surface area contributed by atoms with Crippen molar-refractivity contribution in [2.75, 3.05) is 6.54 Å². The first-order chi connectivity index (χ1) is 9.65. The van der Waals surface area contributed by atoms with Crippen molar-refractivity contribution in [2.24, 2.45) is 28.9 Å². The number of rotatable bonds is 3. The molecule has 3 nitrogen and oxygen atoms in total. The smallest absolute Gasteiger partial charge is 0.0663 e. The Morgan fingerprint density at radius 2 is 1.75 bits per heavy atom. The molecular weight excluding hydrogens is 246 g/mol. The molecule has 4 bridgehead atoms. The molecule has 0 radical (unpaired) electrons. The first kappa shape index (κ1) is 12.8. The Hall–Kier alpha value is -0.960. The monoisotopic (exact) mass is 271 g/mol. The molecular formula is C17H25N3. The highest BCUT2D eigenvalue weighted by Crippen LogP contribution is 2.65. The minimum atomic E-state index is -0.00271. The molecule has 20 heavy (non-hydrogen) atoms. The Bertz CT molecular complexity index is 463. The highest BCUT2D eigenvalue weighted by atomic mass is 14.8. The van der Waals surface area contributed by atoms with E-state index in [1.54, 1.807) is 6.20 Å². The molecule has 4 aliphatic carbocycles. The van der Waals surface area contributed by atoms with E-state index in [1.165, 1.54) is 38.5 Å². The van der Waals surface area contributed by atoms with Gasteiger partial charge in [0, 0.05) is 30.6 Å². The number of hydrogen-bond donors (Lipinski definition) is 1. The molecule has 1 aromatic heterocycles. The van der Waals surface area contributed by atoms with Gasteiger partial charge in [-0.3, -0.25) is 9.97 Å². The summed E-state index contributed by atoms with van der Waals surface area (Å²) in [4.78, 5) is 8.94. The number of nitrogens with two attached hydrogens (primary N) is 1. The normalized spacial score (nSPS) is 41.6. The second-order valence-corrected chi connectivity index (χ2v) is 7.82. The minimum Gasteiger partial charge on any atom is -0.330 e. The second kappa shape index (κ2) is 4.27. The summed E-state index contributed by atoms with van der Waals surface area (Å²) in [5.41, 5.74) is 7.79. The Morgan fingerprint density at radius 1 is 1.15 bits per heavy atom. The number of hydrogen-bond acceptors (Lipinski definition) is 3. The lowest BCUT2D eigenvalue weighted by molar-refractivity contribution is -0.0953. The van der Waals surface area contributed by atoms with Gasteiger partial charge < -0.3 is 5.73 Å². The fourth-order valence-electron chi connectivity index (χ4n) is 5.96. The zero-order chi connectivity index (χ0) is 13.8. The van der Waals surface area contributed by atoms with Gasteiger partial charge in [0.2, 0.25) is 0 Å². The van der Waals surface area contributed by atoms with E-state index < -0.39 is 0 Å². The first-order valence-corrected chi connectivity index (χ1v) is 8.12. The van der Waals surface area contributed by atoms with Crippen LogP contribution in [0.15, 0.2) is 18.6 Å². The lowest BCUT2D eigenvalue weighted by atomic mass is 9.42. The average molecular weight is 271 g/mol. The van der Waals surface area contributed by atoms with Gasteiger partial charge in [0.1, 0.15) is 0 Å². The molecule has 3 heteroatoms. The summed E-state index contributed by atoms with van der Waals surface area (Å²) in [6.45, 7) is 3.04. The molecule has 4 fully saturated rings. The molecule has 1 aromatic rings. The summed E-state index contributed by atoms with van der Waals surface area (Å²) in [6.07, 6.45) is 14.0. The molecule has 4 saturated carbocycles. The molecule has 1 heterocycles. The van der Waals surface area contributed by atoms with Crippen molar-refractivity contribution in [2.45, 2.75) is 50.9 Å². The highest BCUT2D eigenvalue weighted by Gasteiger charge is 2.59. The second-order valence-electron chi connectivity index (χ2n) is 7.82. The Kier molecular flexibility index (Phi) is 2.72. The van der Waals surface area contributed by atoms with E-state index in [-0.39, 0.29) is 5.41 Å². The van der Waals surface area contributed by atoms with E-state index in [9.17, 15) is 0 Å². The van der Waals surface area contributed by atoms with Gasteiger partial charge in [0.15, 0.2) is 0 Å². The third-order valence-corrected chi connectivity index (χ3v) is 6.75. The van der Waals surface area contributed by atoms with Crippen LogP contribution in [0.25, 0.3) is 0 Å². The summed E-state index contributed by atoms with van der Waals surface area (Å²) >= 11 is 0. The zero-order valence-electron chi connectivity index (χ0n) is 12.4. The van der Waals surface area contributed by atoms with Crippen molar-refractivity contribution in [1.82, 2.24) is 9.97 Å². The summed E-state index contributed by atoms with van der Waals surface area (Å²) in [6, 6.07) is 0. The number of nitrogens with zero attached hydrogens (tertiary/aromatic N) is 2. The van der Waals surface area contributed by atoms with Gasteiger partial charge >= 0.3 is 0 Å². The lowest BCUT2D eigenvalue weighted by Crippen LogP contribution is -2.58. The van der Waals surface area contributed by atoms with Gasteiger partial charge in [0.25, 0.3) is 0 Å². The van der Waals surface area contributed by atoms with Crippen molar-refractivity contribution in [3.63, 3.8) is 0 Å². The fraction of sp³-hybridized carbons (Fsp3) is 0.765. The molecule has 0 spiro atoms. The van der Waals surface area contributed by atoms with Crippen LogP contribution in [-0.2, 0) is 5.41 Å². The van der Waals surface area contributed by atoms with Crippen LogP contribution in [0.2, 0.25) is 0 Å². The number of aromatic nitrogens is 2. The topological polar surface area (TPSA) is 51.8 Å². The molecule has 0 aromatic carbocycles. The molecule has 1 atom stereocenters. The summed E-state index contributed by atoms with van der Waals surface area (Å²) in [7, 11) is 0. The van der Waals surface area contributed by atoms with Crippen LogP contribution in [-0.4, -0.2) is 16.5 Å². The average Bonchev–Trinajstić information content (AvgIpc) is 2.46. The van der Waals surface area contributed by atoms with Gasteiger partial charge in [-0.15, -0.1) is 0 Å². The van der Waals surface area contributed by atoms with E-state index >= 15 is 0 Å². The predicted octanol–water partition coefficient (Wildman–Crippen LogP) is 2.91. The molecule has 5 rings (SSSR count). The molecule has 2 N–H and O–H groups in total. The van der Waals surface area contributed by atoms with Crippen molar-refractivity contribution in [1.29, 1.82) is 0 Å². The Morgan fingerprint density at radius 3 is 2.20 bits per heavy atom. The summed E-state index contributed by atoms with van der Waals surface area (Å²) in [5.74, 6) is 2.84. The molecule has 4 aliphatic rings. The van der Waals surface area contributed by atoms with Crippen molar-refractivity contribution >= 4 is 0 Å². The lowest BCUT2D eigenvalue weighted by Gasteiger charge is -2.62. The van der Waals surface area contributed by atoms with Gasteiger partial charge in [-0.25, -0.2) is 0 Å². The molecule has 0 aliphatic heterocycles. The van der Waals surface area contributed by atoms with E-state index in [2.05, 4.69) is 16.9 Å². The molecule has 0 amide bonds. The van der Waals surface area contributed by atoms with Crippen molar-refractivity contribution < 1.29 is 0 Å². The van der Waals surface area contributed by atoms with E-state index in [4.69, 9.17) is 5.73 Å². The van der Waals surface area contributed by atoms with E-state index in [0.717, 1.165) is 23.4 Å². The Labute approximate surface area is 121 Å². The van der Waals surface area contributed by atoms with E-state index in [1.807, 2.05) is 12.4 Å². The Balaban J connectivity index is 1.77. The van der Waals surface area contributed by atoms with Gasteiger partial charge in [-0.05, 0) is 61.7 Å². The third-order valence-electron chi connectivity index (χ3n) is 6.75. The van der Waals surface area contributed by atoms with Crippen LogP contribution in [0.1, 0.15) is 51.1 Å². The van der Waals surface area contributed by atoms with Crippen molar-refractivity contribution in [3.8, 4) is 0 Å². The maximum Gasteiger partial charge on any atom is 0.0663 e. The van der Waals surface area contributed by atoms with Crippen LogP contribution >= 0.6 is 0 Å². The van der Waals surface area contributed by atoms with Crippen LogP contribution in [0, 0.1) is 23.2 Å². The molecule has 1 unspecified atom stereocenters. The quantitative estimate of drug-likeness (QED) is 0.919. The highest BCUT2D eigenvalue weighted by molar-refractivity contribution is 5.23. The maximum absolute atomic E-state index is 6.29. The first-order valence-electron chi connectivity index (χ1n) is 8.12.